The molecule has 598 valence electrons. The number of phosphoric acid groups is 2. The van der Waals surface area contributed by atoms with Crippen LogP contribution in [0.2, 0.25) is 0 Å². The molecular weight excluding hydrogens is 1360 g/mol. The molecule has 5 atom stereocenters. The van der Waals surface area contributed by atoms with Gasteiger partial charge in [0.25, 0.3) is 0 Å². The third kappa shape index (κ3) is 79.8. The maximum Gasteiger partial charge on any atom is 0.472 e. The normalized spacial score (nSPS) is 14.8. The monoisotopic (exact) mass is 1510 g/mol. The molecule has 0 rings (SSSR count). The van der Waals surface area contributed by atoms with Crippen LogP contribution in [0, 0.1) is 0 Å². The van der Waals surface area contributed by atoms with E-state index in [9.17, 15) is 43.5 Å². The molecule has 0 radical (unpaired) electrons. The summed E-state index contributed by atoms with van der Waals surface area (Å²) >= 11 is 0. The zero-order valence-electron chi connectivity index (χ0n) is 65.3. The molecule has 0 aromatic heterocycles. The summed E-state index contributed by atoms with van der Waals surface area (Å²) in [6.07, 6.45) is 99.8. The lowest BCUT2D eigenvalue weighted by Gasteiger charge is -2.21. The summed E-state index contributed by atoms with van der Waals surface area (Å²) in [6, 6.07) is 0. The molecule has 0 saturated carbocycles. The van der Waals surface area contributed by atoms with E-state index in [1.807, 2.05) is 0 Å². The SMILES string of the molecule is CC/C=C\C/C=C\C/C=C\C/C=C\C/C=C\CCCCCC(=O)OCC(COP(=O)(O)OCC(O)COP(=O)(O)OCC(O)COC(=O)CCCCCCCCCCCCCCCCC/C=C\C/C=C\C/C=C\C/C=C\CCCCC)OC(=O)CCCCC/C=C\C/C=C\C/C=C\C/C=C\C/C=C\CC. The van der Waals surface area contributed by atoms with E-state index >= 15 is 0 Å². The van der Waals surface area contributed by atoms with Crippen molar-refractivity contribution in [2.24, 2.45) is 0 Å². The average Bonchev–Trinajstić information content (AvgIpc) is 0.915. The molecule has 16 nitrogen and oxygen atoms in total. The Morgan fingerprint density at radius 2 is 0.505 bits per heavy atom. The van der Waals surface area contributed by atoms with Crippen molar-refractivity contribution in [2.45, 2.75) is 322 Å². The second kappa shape index (κ2) is 78.5. The van der Waals surface area contributed by atoms with Gasteiger partial charge in [-0.25, -0.2) is 9.13 Å². The lowest BCUT2D eigenvalue weighted by Crippen LogP contribution is -2.30. The van der Waals surface area contributed by atoms with Gasteiger partial charge in [-0.05, 0) is 154 Å². The fraction of sp³-hybridized carbons (Fsp3) is 0.644. The molecule has 4 N–H and O–H groups in total. The van der Waals surface area contributed by atoms with Crippen LogP contribution in [0.3, 0.4) is 0 Å². The molecular formula is C87H144O16P2. The minimum atomic E-state index is -4.96. The van der Waals surface area contributed by atoms with Crippen molar-refractivity contribution in [1.82, 2.24) is 0 Å². The van der Waals surface area contributed by atoms with Crippen LogP contribution in [0.15, 0.2) is 170 Å². The Morgan fingerprint density at radius 1 is 0.276 bits per heavy atom. The molecule has 0 fully saturated rings. The molecule has 18 heteroatoms. The number of unbranched alkanes of at least 4 members (excludes halogenated alkanes) is 24. The Kier molecular flexibility index (Phi) is 74.7. The zero-order chi connectivity index (χ0) is 76.6. The van der Waals surface area contributed by atoms with E-state index in [2.05, 4.69) is 191 Å². The van der Waals surface area contributed by atoms with Crippen molar-refractivity contribution in [1.29, 1.82) is 0 Å². The van der Waals surface area contributed by atoms with Crippen molar-refractivity contribution in [3.63, 3.8) is 0 Å². The highest BCUT2D eigenvalue weighted by molar-refractivity contribution is 7.47. The van der Waals surface area contributed by atoms with Gasteiger partial charge in [0.1, 0.15) is 25.4 Å². The number of carbonyl (C=O) groups excluding carboxylic acids is 3. The standard InChI is InChI=1S/C87H144O16P2/c1-4-7-10-13-16-19-22-25-28-31-34-35-36-37-38-39-40-41-42-43-44-45-48-50-52-55-58-61-64-67-70-73-85(90)97-76-82(88)77-99-104(93,94)100-78-83(89)79-101-105(95,96)102-81-84(103-87(92)75-72-69-66-63-60-57-54-51-47-33-30-27-24-21-18-15-12-9-6-3)80-98-86(91)74-71-68-65-62-59-56-53-49-46-32-29-26-23-20-17-14-11-8-5-2/h8-9,11-12,16-21,25-30,34-35,37-38,46-47,49,51,56-57,59-60,82-84,88-89H,4-7,10,13-15,22-24,31-33,36,39-45,48,50,52-55,58,61-81H2,1-3H3,(H,93,94)(H,95,96)/b11-8-,12-9-,19-16-,20-17-,21-18-,28-25-,29-26-,30-27-,35-34-,38-37-,49-46-,51-47-,59-56-,60-57-. The van der Waals surface area contributed by atoms with Gasteiger partial charge in [-0.3, -0.25) is 32.5 Å². The van der Waals surface area contributed by atoms with Gasteiger partial charge in [0.15, 0.2) is 6.10 Å². The molecule has 0 amide bonds. The third-order valence-corrected chi connectivity index (χ3v) is 18.3. The number of rotatable bonds is 75. The van der Waals surface area contributed by atoms with E-state index in [-0.39, 0.29) is 19.3 Å². The zero-order valence-corrected chi connectivity index (χ0v) is 67.1. The quantitative estimate of drug-likeness (QED) is 0.0146. The Bertz CT molecular complexity index is 2590. The summed E-state index contributed by atoms with van der Waals surface area (Å²) in [7, 11) is -9.83. The van der Waals surface area contributed by atoms with Crippen molar-refractivity contribution < 1.29 is 75.8 Å². The van der Waals surface area contributed by atoms with E-state index < -0.39 is 91.5 Å². The first-order valence-corrected chi connectivity index (χ1v) is 43.4. The first kappa shape index (κ1) is 99.9. The summed E-state index contributed by atoms with van der Waals surface area (Å²) in [4.78, 5) is 58.7. The van der Waals surface area contributed by atoms with Crippen LogP contribution in [0.1, 0.15) is 303 Å². The van der Waals surface area contributed by atoms with Crippen LogP contribution in [-0.4, -0.2) is 95.9 Å². The Morgan fingerprint density at radius 3 is 0.810 bits per heavy atom. The average molecular weight is 1510 g/mol. The van der Waals surface area contributed by atoms with Gasteiger partial charge < -0.3 is 34.2 Å². The fourth-order valence-corrected chi connectivity index (χ4v) is 11.9. The molecule has 0 aliphatic carbocycles. The topological polar surface area (TPSA) is 231 Å². The van der Waals surface area contributed by atoms with Gasteiger partial charge in [-0.15, -0.1) is 0 Å². The van der Waals surface area contributed by atoms with E-state index in [1.165, 1.54) is 103 Å². The highest BCUT2D eigenvalue weighted by Gasteiger charge is 2.29. The summed E-state index contributed by atoms with van der Waals surface area (Å²) < 4.78 is 61.1. The molecule has 0 spiro atoms. The van der Waals surface area contributed by atoms with E-state index in [1.54, 1.807) is 0 Å². The second-order valence-corrected chi connectivity index (χ2v) is 29.4. The van der Waals surface area contributed by atoms with Gasteiger partial charge in [-0.2, -0.15) is 0 Å². The second-order valence-electron chi connectivity index (χ2n) is 26.5. The highest BCUT2D eigenvalue weighted by Crippen LogP contribution is 2.45. The number of hydrogen-bond donors (Lipinski definition) is 4. The van der Waals surface area contributed by atoms with Gasteiger partial charge in [0.2, 0.25) is 0 Å². The third-order valence-electron chi connectivity index (χ3n) is 16.4. The molecule has 0 bridgehead atoms. The number of aliphatic hydroxyl groups is 2. The maximum absolute atomic E-state index is 13.0. The van der Waals surface area contributed by atoms with Crippen LogP contribution in [0.4, 0.5) is 0 Å². The van der Waals surface area contributed by atoms with Crippen LogP contribution in [0.25, 0.3) is 0 Å². The number of hydrogen-bond acceptors (Lipinski definition) is 14. The summed E-state index contributed by atoms with van der Waals surface area (Å²) in [5.74, 6) is -1.66. The summed E-state index contributed by atoms with van der Waals surface area (Å²) in [6.45, 7) is 2.34. The van der Waals surface area contributed by atoms with Gasteiger partial charge in [0, 0.05) is 19.3 Å². The lowest BCUT2D eigenvalue weighted by molar-refractivity contribution is -0.161. The van der Waals surface area contributed by atoms with Crippen LogP contribution < -0.4 is 0 Å². The molecule has 0 aliphatic rings. The smallest absolute Gasteiger partial charge is 0.463 e. The minimum absolute atomic E-state index is 0.0514. The Balaban J connectivity index is 4.59. The Labute approximate surface area is 637 Å². The number of allylic oxidation sites excluding steroid dienone is 28. The van der Waals surface area contributed by atoms with E-state index in [0.29, 0.717) is 19.3 Å². The molecule has 0 heterocycles. The van der Waals surface area contributed by atoms with E-state index in [4.69, 9.17) is 32.3 Å². The minimum Gasteiger partial charge on any atom is -0.463 e. The van der Waals surface area contributed by atoms with Crippen LogP contribution in [0.5, 0.6) is 0 Å². The van der Waals surface area contributed by atoms with Gasteiger partial charge in [0.05, 0.1) is 26.4 Å². The maximum atomic E-state index is 13.0. The summed E-state index contributed by atoms with van der Waals surface area (Å²) in [5, 5.41) is 20.7. The number of esters is 3. The van der Waals surface area contributed by atoms with Crippen molar-refractivity contribution in [3.05, 3.63) is 170 Å². The molecule has 0 aliphatic heterocycles. The fourth-order valence-electron chi connectivity index (χ4n) is 10.3. The first-order valence-electron chi connectivity index (χ1n) is 40.4. The number of carbonyl (C=O) groups is 3. The lowest BCUT2D eigenvalue weighted by atomic mass is 10.0. The number of phosphoric ester groups is 2. The van der Waals surface area contributed by atoms with Crippen LogP contribution >= 0.6 is 15.6 Å². The van der Waals surface area contributed by atoms with Gasteiger partial charge >= 0.3 is 33.6 Å². The molecule has 0 aromatic carbocycles. The summed E-state index contributed by atoms with van der Waals surface area (Å²) in [5.41, 5.74) is 0. The van der Waals surface area contributed by atoms with Crippen molar-refractivity contribution in [2.75, 3.05) is 39.6 Å². The molecule has 5 unspecified atom stereocenters. The molecule has 105 heavy (non-hydrogen) atoms. The predicted molar refractivity (Wildman–Crippen MR) is 435 cm³/mol. The largest absolute Gasteiger partial charge is 0.472 e. The molecule has 0 aromatic rings. The number of aliphatic hydroxyl groups excluding tert-OH is 2. The first-order chi connectivity index (χ1) is 51.2. The van der Waals surface area contributed by atoms with Crippen molar-refractivity contribution >= 4 is 33.6 Å². The van der Waals surface area contributed by atoms with Gasteiger partial charge in [-0.1, -0.05) is 300 Å². The predicted octanol–water partition coefficient (Wildman–Crippen LogP) is 24.0. The van der Waals surface area contributed by atoms with Crippen molar-refractivity contribution in [3.8, 4) is 0 Å². The highest BCUT2D eigenvalue weighted by atomic mass is 31.2. The van der Waals surface area contributed by atoms with Crippen LogP contribution in [-0.2, 0) is 55.8 Å². The Hall–Kier alpha value is -5.09. The van der Waals surface area contributed by atoms with E-state index in [0.717, 1.165) is 141 Å². The number of ether oxygens (including phenoxy) is 3. The molecule has 0 saturated heterocycles.